The summed E-state index contributed by atoms with van der Waals surface area (Å²) in [6, 6.07) is 21.1. The molecule has 0 bridgehead atoms. The van der Waals surface area contributed by atoms with E-state index < -0.39 is 25.0 Å². The van der Waals surface area contributed by atoms with Gasteiger partial charge in [0.1, 0.15) is 18.1 Å². The highest BCUT2D eigenvalue weighted by atomic mass is 19.3. The van der Waals surface area contributed by atoms with Crippen LogP contribution in [0.5, 0.6) is 11.5 Å². The minimum absolute atomic E-state index is 0.0640. The van der Waals surface area contributed by atoms with Gasteiger partial charge in [-0.25, -0.2) is 4.79 Å². The Morgan fingerprint density at radius 2 is 1.47 bits per heavy atom. The number of hydrogen-bond acceptors (Lipinski definition) is 5. The second-order valence-corrected chi connectivity index (χ2v) is 6.16. The largest absolute Gasteiger partial charge is 0.489 e. The van der Waals surface area contributed by atoms with Crippen LogP contribution in [0.1, 0.15) is 26.3 Å². The third kappa shape index (κ3) is 5.88. The highest BCUT2D eigenvalue weighted by molar-refractivity contribution is 5.99. The van der Waals surface area contributed by atoms with Crippen molar-refractivity contribution in [2.75, 3.05) is 6.61 Å². The molecule has 0 aliphatic rings. The standard InChI is InChI=1S/C23H18F2O5/c24-23(25)30-19-12-10-16(11-13-19)21(26)15-29-22(27)20-9-5-4-6-17(20)14-28-18-7-2-1-3-8-18/h1-13,23H,14-15H2. The Labute approximate surface area is 171 Å². The summed E-state index contributed by atoms with van der Waals surface area (Å²) in [5.74, 6) is -0.528. The first kappa shape index (κ1) is 21.0. The van der Waals surface area contributed by atoms with E-state index in [4.69, 9.17) is 9.47 Å². The average molecular weight is 412 g/mol. The Hall–Kier alpha value is -3.74. The Bertz CT molecular complexity index is 988. The fraction of sp³-hybridized carbons (Fsp3) is 0.130. The van der Waals surface area contributed by atoms with Crippen LogP contribution in [0.15, 0.2) is 78.9 Å². The van der Waals surface area contributed by atoms with Crippen molar-refractivity contribution in [2.45, 2.75) is 13.2 Å². The van der Waals surface area contributed by atoms with Crippen LogP contribution < -0.4 is 9.47 Å². The van der Waals surface area contributed by atoms with Gasteiger partial charge in [0.05, 0.1) is 5.56 Å². The van der Waals surface area contributed by atoms with Gasteiger partial charge in [0, 0.05) is 11.1 Å². The van der Waals surface area contributed by atoms with Crippen molar-refractivity contribution in [3.8, 4) is 11.5 Å². The predicted octanol–water partition coefficient (Wildman–Crippen LogP) is 4.91. The van der Waals surface area contributed by atoms with Crippen molar-refractivity contribution in [3.05, 3.63) is 95.6 Å². The monoisotopic (exact) mass is 412 g/mol. The molecule has 5 nitrogen and oxygen atoms in total. The topological polar surface area (TPSA) is 61.8 Å². The van der Waals surface area contributed by atoms with Crippen molar-refractivity contribution in [2.24, 2.45) is 0 Å². The molecule has 0 N–H and O–H groups in total. The number of ketones is 1. The molecule has 0 aromatic heterocycles. The summed E-state index contributed by atoms with van der Waals surface area (Å²) >= 11 is 0. The molecular formula is C23H18F2O5. The number of alkyl halides is 2. The van der Waals surface area contributed by atoms with E-state index >= 15 is 0 Å². The Morgan fingerprint density at radius 1 is 0.800 bits per heavy atom. The molecule has 3 rings (SSSR count). The van der Waals surface area contributed by atoms with Crippen LogP contribution >= 0.6 is 0 Å². The smallest absolute Gasteiger partial charge is 0.387 e. The number of halogens is 2. The lowest BCUT2D eigenvalue weighted by Gasteiger charge is -2.11. The molecule has 0 aliphatic heterocycles. The van der Waals surface area contributed by atoms with Gasteiger partial charge in [-0.05, 0) is 42.5 Å². The predicted molar refractivity (Wildman–Crippen MR) is 105 cm³/mol. The van der Waals surface area contributed by atoms with Crippen LogP contribution in [-0.4, -0.2) is 25.0 Å². The summed E-state index contributed by atoms with van der Waals surface area (Å²) in [5.41, 5.74) is 1.12. The average Bonchev–Trinajstić information content (AvgIpc) is 2.77. The van der Waals surface area contributed by atoms with Gasteiger partial charge in [-0.15, -0.1) is 0 Å². The molecule has 30 heavy (non-hydrogen) atoms. The number of Topliss-reactive ketones (excluding diaryl/α,β-unsaturated/α-hetero) is 1. The molecule has 0 unspecified atom stereocenters. The normalized spacial score (nSPS) is 10.5. The minimum Gasteiger partial charge on any atom is -0.489 e. The number of rotatable bonds is 9. The van der Waals surface area contributed by atoms with Gasteiger partial charge >= 0.3 is 12.6 Å². The zero-order valence-corrected chi connectivity index (χ0v) is 15.8. The van der Waals surface area contributed by atoms with Crippen LogP contribution in [-0.2, 0) is 11.3 Å². The minimum atomic E-state index is -2.95. The summed E-state index contributed by atoms with van der Waals surface area (Å²) < 4.78 is 39.4. The third-order valence-corrected chi connectivity index (χ3v) is 4.11. The van der Waals surface area contributed by atoms with Crippen molar-refractivity contribution in [1.82, 2.24) is 0 Å². The highest BCUT2D eigenvalue weighted by Crippen LogP contribution is 2.17. The molecule has 154 valence electrons. The maximum absolute atomic E-state index is 12.5. The first-order chi connectivity index (χ1) is 14.5. The molecule has 0 heterocycles. The SMILES string of the molecule is O=C(COC(=O)c1ccccc1COc1ccccc1)c1ccc(OC(F)F)cc1. The molecule has 0 spiro atoms. The molecule has 0 aliphatic carbocycles. The summed E-state index contributed by atoms with van der Waals surface area (Å²) in [4.78, 5) is 24.7. The summed E-state index contributed by atoms with van der Waals surface area (Å²) in [6.07, 6.45) is 0. The second-order valence-electron chi connectivity index (χ2n) is 6.16. The lowest BCUT2D eigenvalue weighted by atomic mass is 10.1. The van der Waals surface area contributed by atoms with Crippen LogP contribution in [0, 0.1) is 0 Å². The maximum atomic E-state index is 12.5. The van der Waals surface area contributed by atoms with Crippen molar-refractivity contribution in [3.63, 3.8) is 0 Å². The van der Waals surface area contributed by atoms with Gasteiger partial charge in [-0.1, -0.05) is 36.4 Å². The van der Waals surface area contributed by atoms with E-state index in [1.807, 2.05) is 18.2 Å². The first-order valence-corrected chi connectivity index (χ1v) is 9.04. The zero-order chi connectivity index (χ0) is 21.3. The van der Waals surface area contributed by atoms with Crippen molar-refractivity contribution in [1.29, 1.82) is 0 Å². The Morgan fingerprint density at radius 3 is 2.17 bits per heavy atom. The second kappa shape index (κ2) is 10.2. The fourth-order valence-corrected chi connectivity index (χ4v) is 2.64. The van der Waals surface area contributed by atoms with E-state index in [1.165, 1.54) is 24.3 Å². The molecule has 0 radical (unpaired) electrons. The van der Waals surface area contributed by atoms with E-state index in [-0.39, 0.29) is 17.9 Å². The van der Waals surface area contributed by atoms with Crippen molar-refractivity contribution >= 4 is 11.8 Å². The molecule has 0 saturated heterocycles. The molecule has 3 aromatic carbocycles. The summed E-state index contributed by atoms with van der Waals surface area (Å²) in [7, 11) is 0. The lowest BCUT2D eigenvalue weighted by Crippen LogP contribution is -2.16. The van der Waals surface area contributed by atoms with Crippen molar-refractivity contribution < 1.29 is 32.6 Å². The van der Waals surface area contributed by atoms with Gasteiger partial charge < -0.3 is 14.2 Å². The molecular weight excluding hydrogens is 394 g/mol. The Kier molecular flexibility index (Phi) is 7.10. The van der Waals surface area contributed by atoms with Gasteiger partial charge in [-0.2, -0.15) is 8.78 Å². The quantitative estimate of drug-likeness (QED) is 0.369. The number of para-hydroxylation sites is 1. The number of carbonyl (C=O) groups is 2. The number of hydrogen-bond donors (Lipinski definition) is 0. The molecule has 0 fully saturated rings. The van der Waals surface area contributed by atoms with Gasteiger partial charge in [0.25, 0.3) is 0 Å². The number of ether oxygens (including phenoxy) is 3. The first-order valence-electron chi connectivity index (χ1n) is 9.04. The summed E-state index contributed by atoms with van der Waals surface area (Å²) in [6.45, 7) is -3.27. The van der Waals surface area contributed by atoms with Crippen LogP contribution in [0.4, 0.5) is 8.78 Å². The van der Waals surface area contributed by atoms with E-state index in [2.05, 4.69) is 4.74 Å². The Balaban J connectivity index is 1.58. The van der Waals surface area contributed by atoms with Gasteiger partial charge in [0.2, 0.25) is 0 Å². The van der Waals surface area contributed by atoms with Crippen LogP contribution in [0.3, 0.4) is 0 Å². The number of benzene rings is 3. The number of esters is 1. The highest BCUT2D eigenvalue weighted by Gasteiger charge is 2.16. The molecule has 0 saturated carbocycles. The maximum Gasteiger partial charge on any atom is 0.387 e. The molecule has 0 amide bonds. The van der Waals surface area contributed by atoms with E-state index in [0.29, 0.717) is 16.9 Å². The van der Waals surface area contributed by atoms with Crippen LogP contribution in [0.2, 0.25) is 0 Å². The number of carbonyl (C=O) groups excluding carboxylic acids is 2. The van der Waals surface area contributed by atoms with Gasteiger partial charge in [0.15, 0.2) is 12.4 Å². The van der Waals surface area contributed by atoms with Crippen LogP contribution in [0.25, 0.3) is 0 Å². The third-order valence-electron chi connectivity index (χ3n) is 4.11. The molecule has 3 aromatic rings. The molecule has 0 atom stereocenters. The summed E-state index contributed by atoms with van der Waals surface area (Å²) in [5, 5.41) is 0. The van der Waals surface area contributed by atoms with E-state index in [9.17, 15) is 18.4 Å². The van der Waals surface area contributed by atoms with E-state index in [1.54, 1.807) is 36.4 Å². The lowest BCUT2D eigenvalue weighted by molar-refractivity contribution is -0.0498. The zero-order valence-electron chi connectivity index (χ0n) is 15.8. The van der Waals surface area contributed by atoms with Gasteiger partial charge in [-0.3, -0.25) is 4.79 Å². The molecule has 7 heteroatoms. The van der Waals surface area contributed by atoms with E-state index in [0.717, 1.165) is 0 Å². The fourth-order valence-electron chi connectivity index (χ4n) is 2.64.